The number of amides is 1. The first-order valence-electron chi connectivity index (χ1n) is 5.76. The highest BCUT2D eigenvalue weighted by atomic mass is 32.1. The van der Waals surface area contributed by atoms with E-state index in [1.54, 1.807) is 13.8 Å². The van der Waals surface area contributed by atoms with Crippen molar-refractivity contribution in [3.63, 3.8) is 0 Å². The SMILES string of the molecule is CC(N)C(C)C(=O)NCCc1nc(C(F)(F)F)cs1. The number of halogens is 3. The Kier molecular flexibility index (Phi) is 5.30. The number of hydrogen-bond acceptors (Lipinski definition) is 4. The van der Waals surface area contributed by atoms with Gasteiger partial charge in [-0.15, -0.1) is 11.3 Å². The molecule has 2 atom stereocenters. The highest BCUT2D eigenvalue weighted by molar-refractivity contribution is 7.09. The molecule has 0 spiro atoms. The Hall–Kier alpha value is -1.15. The lowest BCUT2D eigenvalue weighted by Crippen LogP contribution is -2.39. The van der Waals surface area contributed by atoms with Gasteiger partial charge in [0.25, 0.3) is 0 Å². The molecule has 19 heavy (non-hydrogen) atoms. The van der Waals surface area contributed by atoms with E-state index >= 15 is 0 Å². The van der Waals surface area contributed by atoms with E-state index in [2.05, 4.69) is 10.3 Å². The Morgan fingerprint density at radius 2 is 2.16 bits per heavy atom. The van der Waals surface area contributed by atoms with Gasteiger partial charge in [0.05, 0.1) is 5.01 Å². The van der Waals surface area contributed by atoms with Crippen molar-refractivity contribution in [3.05, 3.63) is 16.1 Å². The van der Waals surface area contributed by atoms with Crippen molar-refractivity contribution in [1.82, 2.24) is 10.3 Å². The highest BCUT2D eigenvalue weighted by Gasteiger charge is 2.33. The molecule has 2 unspecified atom stereocenters. The van der Waals surface area contributed by atoms with Crippen molar-refractivity contribution in [1.29, 1.82) is 0 Å². The average molecular weight is 295 g/mol. The van der Waals surface area contributed by atoms with Gasteiger partial charge in [0.1, 0.15) is 0 Å². The number of nitrogens with one attached hydrogen (secondary N) is 1. The topological polar surface area (TPSA) is 68.0 Å². The molecule has 0 radical (unpaired) electrons. The summed E-state index contributed by atoms with van der Waals surface area (Å²) < 4.78 is 36.9. The number of nitrogens with zero attached hydrogens (tertiary/aromatic N) is 1. The first-order valence-corrected chi connectivity index (χ1v) is 6.64. The summed E-state index contributed by atoms with van der Waals surface area (Å²) in [5.41, 5.74) is 4.69. The Balaban J connectivity index is 2.42. The molecule has 1 heterocycles. The van der Waals surface area contributed by atoms with E-state index in [1.165, 1.54) is 0 Å². The van der Waals surface area contributed by atoms with Crippen molar-refractivity contribution >= 4 is 17.2 Å². The fourth-order valence-electron chi connectivity index (χ4n) is 1.25. The summed E-state index contributed by atoms with van der Waals surface area (Å²) in [5, 5.41) is 3.95. The molecule has 0 saturated heterocycles. The smallest absolute Gasteiger partial charge is 0.355 e. The van der Waals surface area contributed by atoms with Crippen LogP contribution in [0.3, 0.4) is 0 Å². The third-order valence-corrected chi connectivity index (χ3v) is 3.59. The summed E-state index contributed by atoms with van der Waals surface area (Å²) in [7, 11) is 0. The fraction of sp³-hybridized carbons (Fsp3) is 0.636. The van der Waals surface area contributed by atoms with Crippen molar-refractivity contribution in [2.24, 2.45) is 11.7 Å². The van der Waals surface area contributed by atoms with Gasteiger partial charge in [-0.05, 0) is 6.92 Å². The van der Waals surface area contributed by atoms with Gasteiger partial charge in [-0.2, -0.15) is 13.2 Å². The third kappa shape index (κ3) is 4.79. The first-order chi connectivity index (χ1) is 8.71. The van der Waals surface area contributed by atoms with Crippen molar-refractivity contribution in [2.75, 3.05) is 6.54 Å². The van der Waals surface area contributed by atoms with Crippen LogP contribution in [0.4, 0.5) is 13.2 Å². The lowest BCUT2D eigenvalue weighted by Gasteiger charge is -2.14. The van der Waals surface area contributed by atoms with Crippen LogP contribution in [0, 0.1) is 5.92 Å². The molecule has 0 aliphatic rings. The third-order valence-electron chi connectivity index (χ3n) is 2.68. The number of carbonyl (C=O) groups is 1. The summed E-state index contributed by atoms with van der Waals surface area (Å²) in [4.78, 5) is 15.0. The number of alkyl halides is 3. The number of carbonyl (C=O) groups excluding carboxylic acids is 1. The number of nitrogens with two attached hydrogens (primary N) is 1. The standard InChI is InChI=1S/C11H16F3N3OS/c1-6(7(2)15)10(18)16-4-3-9-17-8(5-19-9)11(12,13)14/h5-7H,3-4,15H2,1-2H3,(H,16,18). The molecule has 0 bridgehead atoms. The molecular formula is C11H16F3N3OS. The van der Waals surface area contributed by atoms with Crippen LogP contribution in [0.25, 0.3) is 0 Å². The van der Waals surface area contributed by atoms with Gasteiger partial charge in [-0.25, -0.2) is 4.98 Å². The van der Waals surface area contributed by atoms with Crippen LogP contribution in [0.15, 0.2) is 5.38 Å². The van der Waals surface area contributed by atoms with Crippen LogP contribution in [0.1, 0.15) is 24.5 Å². The minimum atomic E-state index is -4.42. The Labute approximate surface area is 113 Å². The molecule has 108 valence electrons. The van der Waals surface area contributed by atoms with Gasteiger partial charge in [0.15, 0.2) is 5.69 Å². The van der Waals surface area contributed by atoms with Gasteiger partial charge in [-0.1, -0.05) is 6.92 Å². The molecule has 0 saturated carbocycles. The average Bonchev–Trinajstić information content (AvgIpc) is 2.76. The van der Waals surface area contributed by atoms with Crippen molar-refractivity contribution < 1.29 is 18.0 Å². The monoisotopic (exact) mass is 295 g/mol. The van der Waals surface area contributed by atoms with Crippen LogP contribution >= 0.6 is 11.3 Å². The highest BCUT2D eigenvalue weighted by Crippen LogP contribution is 2.29. The molecule has 8 heteroatoms. The van der Waals surface area contributed by atoms with Crippen LogP contribution < -0.4 is 11.1 Å². The zero-order valence-electron chi connectivity index (χ0n) is 10.6. The lowest BCUT2D eigenvalue weighted by atomic mass is 10.0. The number of thiazole rings is 1. The van der Waals surface area contributed by atoms with Gasteiger partial charge in [-0.3, -0.25) is 4.79 Å². The molecule has 1 aromatic rings. The second-order valence-corrected chi connectivity index (χ2v) is 5.26. The molecule has 0 fully saturated rings. The van der Waals surface area contributed by atoms with Gasteiger partial charge >= 0.3 is 6.18 Å². The molecule has 4 nitrogen and oxygen atoms in total. The maximum absolute atomic E-state index is 12.3. The summed E-state index contributed by atoms with van der Waals surface area (Å²) in [5.74, 6) is -0.537. The van der Waals surface area contributed by atoms with Crippen LogP contribution in [-0.4, -0.2) is 23.5 Å². The first kappa shape index (κ1) is 15.9. The largest absolute Gasteiger partial charge is 0.434 e. The molecule has 0 aliphatic heterocycles. The fourth-order valence-corrected chi connectivity index (χ4v) is 2.05. The van der Waals surface area contributed by atoms with E-state index in [4.69, 9.17) is 5.73 Å². The number of hydrogen-bond donors (Lipinski definition) is 2. The van der Waals surface area contributed by atoms with E-state index in [1.807, 2.05) is 0 Å². The van der Waals surface area contributed by atoms with E-state index in [0.29, 0.717) is 5.01 Å². The number of rotatable bonds is 5. The van der Waals surface area contributed by atoms with E-state index in [0.717, 1.165) is 16.7 Å². The van der Waals surface area contributed by atoms with E-state index in [9.17, 15) is 18.0 Å². The second-order valence-electron chi connectivity index (χ2n) is 4.31. The van der Waals surface area contributed by atoms with Crippen molar-refractivity contribution in [3.8, 4) is 0 Å². The van der Waals surface area contributed by atoms with Gasteiger partial charge < -0.3 is 11.1 Å². The minimum absolute atomic E-state index is 0.206. The Morgan fingerprint density at radius 1 is 1.53 bits per heavy atom. The van der Waals surface area contributed by atoms with Gasteiger partial charge in [0.2, 0.25) is 5.91 Å². The maximum Gasteiger partial charge on any atom is 0.434 e. The molecule has 0 aromatic carbocycles. The zero-order valence-corrected chi connectivity index (χ0v) is 11.4. The predicted molar refractivity (Wildman–Crippen MR) is 66.6 cm³/mol. The molecule has 1 amide bonds. The zero-order chi connectivity index (χ0) is 14.6. The normalized spacial score (nSPS) is 15.1. The quantitative estimate of drug-likeness (QED) is 0.870. The summed E-state index contributed by atoms with van der Waals surface area (Å²) in [6.07, 6.45) is -4.14. The van der Waals surface area contributed by atoms with Gasteiger partial charge in [0, 0.05) is 30.3 Å². The Morgan fingerprint density at radius 3 is 2.63 bits per heavy atom. The second kappa shape index (κ2) is 6.33. The van der Waals surface area contributed by atoms with E-state index in [-0.39, 0.29) is 30.8 Å². The summed E-state index contributed by atoms with van der Waals surface area (Å²) in [6.45, 7) is 3.67. The van der Waals surface area contributed by atoms with E-state index < -0.39 is 11.9 Å². The van der Waals surface area contributed by atoms with Crippen LogP contribution in [0.5, 0.6) is 0 Å². The molecule has 0 aliphatic carbocycles. The lowest BCUT2D eigenvalue weighted by molar-refractivity contribution is -0.140. The molecular weight excluding hydrogens is 279 g/mol. The summed E-state index contributed by atoms with van der Waals surface area (Å²) >= 11 is 0.936. The molecule has 1 aromatic heterocycles. The van der Waals surface area contributed by atoms with Crippen LogP contribution in [-0.2, 0) is 17.4 Å². The minimum Gasteiger partial charge on any atom is -0.355 e. The predicted octanol–water partition coefficient (Wildman–Crippen LogP) is 1.80. The maximum atomic E-state index is 12.3. The summed E-state index contributed by atoms with van der Waals surface area (Å²) in [6, 6.07) is -0.267. The van der Waals surface area contributed by atoms with Crippen LogP contribution in [0.2, 0.25) is 0 Å². The Bertz CT molecular complexity index is 431. The van der Waals surface area contributed by atoms with Crippen molar-refractivity contribution in [2.45, 2.75) is 32.5 Å². The molecule has 1 rings (SSSR count). The molecule has 3 N–H and O–H groups in total. The number of aromatic nitrogens is 1.